The summed E-state index contributed by atoms with van der Waals surface area (Å²) in [4.78, 5) is 0.0427. The van der Waals surface area contributed by atoms with Crippen LogP contribution in [0.5, 0.6) is 0 Å². The van der Waals surface area contributed by atoms with E-state index >= 15 is 0 Å². The number of unbranched alkanes of at least 4 members (excludes halogenated alkanes) is 1. The van der Waals surface area contributed by atoms with Crippen LogP contribution < -0.4 is 16.2 Å². The van der Waals surface area contributed by atoms with E-state index in [9.17, 15) is 8.42 Å². The zero-order chi connectivity index (χ0) is 15.2. The number of nitrogen functional groups attached to an aromatic ring is 1. The van der Waals surface area contributed by atoms with Crippen molar-refractivity contribution in [2.75, 3.05) is 11.1 Å². The van der Waals surface area contributed by atoms with E-state index in [-0.39, 0.29) is 4.90 Å². The molecule has 5 nitrogen and oxygen atoms in total. The summed E-state index contributed by atoms with van der Waals surface area (Å²) in [7, 11) is -3.70. The minimum absolute atomic E-state index is 0.0427. The largest absolute Gasteiger partial charge is 0.397 e. The van der Waals surface area contributed by atoms with Crippen LogP contribution >= 0.6 is 0 Å². The quantitative estimate of drug-likeness (QED) is 0.643. The Bertz CT molecular complexity index is 529. The number of hydrogen-bond donors (Lipinski definition) is 3. The molecule has 1 atom stereocenters. The highest BCUT2D eigenvalue weighted by Gasteiger charge is 2.12. The highest BCUT2D eigenvalue weighted by Crippen LogP contribution is 2.24. The molecule has 1 rings (SSSR count). The SMILES string of the molecule is CCCCC(CCC)Nc1ccc(S(N)(=O)=O)cc1N. The lowest BCUT2D eigenvalue weighted by atomic mass is 10.0. The van der Waals surface area contributed by atoms with Gasteiger partial charge in [0.15, 0.2) is 0 Å². The topological polar surface area (TPSA) is 98.2 Å². The van der Waals surface area contributed by atoms with Crippen molar-refractivity contribution < 1.29 is 8.42 Å². The molecular formula is C14H25N3O2S. The number of primary sulfonamides is 1. The molecule has 114 valence electrons. The lowest BCUT2D eigenvalue weighted by molar-refractivity contribution is 0.564. The van der Waals surface area contributed by atoms with Crippen molar-refractivity contribution >= 4 is 21.4 Å². The van der Waals surface area contributed by atoms with Gasteiger partial charge >= 0.3 is 0 Å². The van der Waals surface area contributed by atoms with E-state index in [2.05, 4.69) is 19.2 Å². The summed E-state index contributed by atoms with van der Waals surface area (Å²) < 4.78 is 22.5. The van der Waals surface area contributed by atoms with E-state index in [0.717, 1.165) is 37.8 Å². The number of rotatable bonds is 8. The monoisotopic (exact) mass is 299 g/mol. The van der Waals surface area contributed by atoms with Gasteiger partial charge in [-0.15, -0.1) is 0 Å². The third-order valence-corrected chi connectivity index (χ3v) is 4.17. The summed E-state index contributed by atoms with van der Waals surface area (Å²) in [5.41, 5.74) is 7.09. The maximum Gasteiger partial charge on any atom is 0.238 e. The van der Waals surface area contributed by atoms with Crippen molar-refractivity contribution in [3.05, 3.63) is 18.2 Å². The average Bonchev–Trinajstić information content (AvgIpc) is 2.37. The molecule has 20 heavy (non-hydrogen) atoms. The zero-order valence-electron chi connectivity index (χ0n) is 12.2. The van der Waals surface area contributed by atoms with Crippen LogP contribution in [-0.2, 0) is 10.0 Å². The molecule has 0 amide bonds. The van der Waals surface area contributed by atoms with Crippen LogP contribution in [-0.4, -0.2) is 14.5 Å². The Balaban J connectivity index is 2.85. The van der Waals surface area contributed by atoms with Gasteiger partial charge in [-0.2, -0.15) is 0 Å². The van der Waals surface area contributed by atoms with Gasteiger partial charge < -0.3 is 11.1 Å². The van der Waals surface area contributed by atoms with Gasteiger partial charge in [0.1, 0.15) is 0 Å². The molecule has 0 spiro atoms. The predicted octanol–water partition coefficient (Wildman–Crippen LogP) is 2.69. The van der Waals surface area contributed by atoms with Gasteiger partial charge in [0, 0.05) is 6.04 Å². The number of benzene rings is 1. The molecule has 0 radical (unpaired) electrons. The minimum Gasteiger partial charge on any atom is -0.397 e. The average molecular weight is 299 g/mol. The van der Waals surface area contributed by atoms with E-state index in [0.29, 0.717) is 11.7 Å². The lowest BCUT2D eigenvalue weighted by Gasteiger charge is -2.20. The second-order valence-corrected chi connectivity index (χ2v) is 6.63. The summed E-state index contributed by atoms with van der Waals surface area (Å²) in [5.74, 6) is 0. The van der Waals surface area contributed by atoms with Crippen LogP contribution in [0.1, 0.15) is 46.0 Å². The molecular weight excluding hydrogens is 274 g/mol. The summed E-state index contributed by atoms with van der Waals surface area (Å²) >= 11 is 0. The van der Waals surface area contributed by atoms with Crippen molar-refractivity contribution in [2.24, 2.45) is 5.14 Å². The zero-order valence-corrected chi connectivity index (χ0v) is 13.0. The third kappa shape index (κ3) is 5.02. The van der Waals surface area contributed by atoms with Crippen molar-refractivity contribution in [3.8, 4) is 0 Å². The Morgan fingerprint density at radius 3 is 2.40 bits per heavy atom. The van der Waals surface area contributed by atoms with Gasteiger partial charge in [-0.1, -0.05) is 33.1 Å². The minimum atomic E-state index is -3.70. The van der Waals surface area contributed by atoms with Crippen molar-refractivity contribution in [1.29, 1.82) is 0 Å². The molecule has 0 aromatic heterocycles. The highest BCUT2D eigenvalue weighted by atomic mass is 32.2. The number of nitrogens with one attached hydrogen (secondary N) is 1. The Morgan fingerprint density at radius 2 is 1.90 bits per heavy atom. The Kier molecular flexibility index (Phi) is 6.29. The first-order valence-electron chi connectivity index (χ1n) is 7.07. The molecule has 1 unspecified atom stereocenters. The Labute approximate surface area is 121 Å². The lowest BCUT2D eigenvalue weighted by Crippen LogP contribution is -2.20. The second-order valence-electron chi connectivity index (χ2n) is 5.07. The summed E-state index contributed by atoms with van der Waals surface area (Å²) in [6.45, 7) is 4.31. The first-order valence-corrected chi connectivity index (χ1v) is 8.62. The highest BCUT2D eigenvalue weighted by molar-refractivity contribution is 7.89. The number of hydrogen-bond acceptors (Lipinski definition) is 4. The number of sulfonamides is 1. The molecule has 6 heteroatoms. The van der Waals surface area contributed by atoms with Gasteiger partial charge in [0.05, 0.1) is 16.3 Å². The van der Waals surface area contributed by atoms with Gasteiger partial charge in [-0.05, 0) is 31.0 Å². The van der Waals surface area contributed by atoms with Crippen LogP contribution in [0.4, 0.5) is 11.4 Å². The van der Waals surface area contributed by atoms with Crippen LogP contribution in [0.2, 0.25) is 0 Å². The van der Waals surface area contributed by atoms with E-state index in [1.165, 1.54) is 12.1 Å². The van der Waals surface area contributed by atoms with Gasteiger partial charge in [0.2, 0.25) is 10.0 Å². The normalized spacial score (nSPS) is 13.2. The molecule has 0 fully saturated rings. The first kappa shape index (κ1) is 16.8. The molecule has 5 N–H and O–H groups in total. The van der Waals surface area contributed by atoms with E-state index < -0.39 is 10.0 Å². The molecule has 0 aliphatic rings. The van der Waals surface area contributed by atoms with E-state index in [4.69, 9.17) is 10.9 Å². The van der Waals surface area contributed by atoms with Crippen molar-refractivity contribution in [2.45, 2.75) is 56.9 Å². The van der Waals surface area contributed by atoms with Crippen LogP contribution in [0.15, 0.2) is 23.1 Å². The molecule has 0 aliphatic carbocycles. The van der Waals surface area contributed by atoms with E-state index in [1.807, 2.05) is 0 Å². The molecule has 1 aromatic rings. The van der Waals surface area contributed by atoms with E-state index in [1.54, 1.807) is 6.07 Å². The molecule has 1 aromatic carbocycles. The summed E-state index contributed by atoms with van der Waals surface area (Å²) in [6, 6.07) is 4.93. The van der Waals surface area contributed by atoms with Crippen molar-refractivity contribution in [1.82, 2.24) is 0 Å². The molecule has 0 saturated carbocycles. The first-order chi connectivity index (χ1) is 9.38. The third-order valence-electron chi connectivity index (χ3n) is 3.25. The second kappa shape index (κ2) is 7.50. The molecule has 0 saturated heterocycles. The maximum absolute atomic E-state index is 11.3. The fraction of sp³-hybridized carbons (Fsp3) is 0.571. The fourth-order valence-corrected chi connectivity index (χ4v) is 2.71. The maximum atomic E-state index is 11.3. The predicted molar refractivity (Wildman–Crippen MR) is 84.1 cm³/mol. The number of anilines is 2. The Hall–Kier alpha value is -1.27. The Morgan fingerprint density at radius 1 is 1.20 bits per heavy atom. The fourth-order valence-electron chi connectivity index (χ4n) is 2.16. The smallest absolute Gasteiger partial charge is 0.238 e. The summed E-state index contributed by atoms with van der Waals surface area (Å²) in [5, 5.41) is 8.49. The molecule has 0 aliphatic heterocycles. The van der Waals surface area contributed by atoms with Crippen LogP contribution in [0.3, 0.4) is 0 Å². The van der Waals surface area contributed by atoms with Gasteiger partial charge in [0.25, 0.3) is 0 Å². The van der Waals surface area contributed by atoms with Gasteiger partial charge in [-0.25, -0.2) is 13.6 Å². The van der Waals surface area contributed by atoms with Crippen LogP contribution in [0.25, 0.3) is 0 Å². The van der Waals surface area contributed by atoms with Gasteiger partial charge in [-0.3, -0.25) is 0 Å². The molecule has 0 bridgehead atoms. The molecule has 0 heterocycles. The number of nitrogens with two attached hydrogens (primary N) is 2. The van der Waals surface area contributed by atoms with Crippen LogP contribution in [0, 0.1) is 0 Å². The standard InChI is InChI=1S/C14H25N3O2S/c1-3-5-7-11(6-4-2)17-14-9-8-12(10-13(14)15)20(16,18)19/h8-11,17H,3-7,15H2,1-2H3,(H2,16,18,19). The summed E-state index contributed by atoms with van der Waals surface area (Å²) in [6.07, 6.45) is 5.56. The van der Waals surface area contributed by atoms with Crippen molar-refractivity contribution in [3.63, 3.8) is 0 Å².